The number of piperazine rings is 2. The van der Waals surface area contributed by atoms with Crippen LogP contribution in [0.4, 0.5) is 10.5 Å². The number of benzene rings is 3. The molecule has 0 unspecified atom stereocenters. The second-order valence-electron chi connectivity index (χ2n) is 17.1. The molecule has 0 aliphatic carbocycles. The Morgan fingerprint density at radius 2 is 1.26 bits per heavy atom. The summed E-state index contributed by atoms with van der Waals surface area (Å²) in [5, 5.41) is 3.39. The van der Waals surface area contributed by atoms with Crippen molar-refractivity contribution in [2.75, 3.05) is 72.3 Å². The molecule has 338 valence electrons. The molecule has 0 atom stereocenters. The fourth-order valence-corrected chi connectivity index (χ4v) is 7.90. The van der Waals surface area contributed by atoms with E-state index >= 15 is 0 Å². The van der Waals surface area contributed by atoms with E-state index in [4.69, 9.17) is 28.8 Å². The molecular weight excluding hydrogens is 827 g/mol. The van der Waals surface area contributed by atoms with Gasteiger partial charge in [-0.05, 0) is 110 Å². The fraction of sp³-hybridized carbons (Fsp3) is 0.347. The van der Waals surface area contributed by atoms with Crippen molar-refractivity contribution in [2.45, 2.75) is 45.9 Å². The van der Waals surface area contributed by atoms with E-state index < -0.39 is 5.60 Å². The number of methoxy groups -OCH3 is 2. The van der Waals surface area contributed by atoms with E-state index in [9.17, 15) is 9.59 Å². The Labute approximate surface area is 377 Å². The Morgan fingerprint density at radius 3 is 1.85 bits per heavy atom. The molecule has 65 heavy (non-hydrogen) atoms. The van der Waals surface area contributed by atoms with Crippen molar-refractivity contribution in [3.63, 3.8) is 0 Å². The predicted molar refractivity (Wildman–Crippen MR) is 248 cm³/mol. The molecule has 16 nitrogen and oxygen atoms in total. The minimum Gasteiger partial charge on any atom is -0.493 e. The zero-order valence-electron chi connectivity index (χ0n) is 37.5. The third-order valence-electron chi connectivity index (χ3n) is 11.0. The molecule has 3 aromatic carbocycles. The van der Waals surface area contributed by atoms with Crippen molar-refractivity contribution in [1.82, 2.24) is 40.0 Å². The van der Waals surface area contributed by atoms with Crippen LogP contribution >= 0.6 is 0 Å². The van der Waals surface area contributed by atoms with E-state index in [1.165, 1.54) is 0 Å². The van der Waals surface area contributed by atoms with Gasteiger partial charge in [0.05, 0.1) is 14.2 Å². The number of aromatic nitrogens is 4. The number of nitrogens with zero attached hydrogens (tertiary/aromatic N) is 7. The molecule has 2 aliphatic rings. The topological polar surface area (TPSA) is 187 Å². The smallest absolute Gasteiger partial charge is 0.410 e. The molecule has 6 heterocycles. The van der Waals surface area contributed by atoms with Gasteiger partial charge in [0.15, 0.2) is 39.7 Å². The van der Waals surface area contributed by atoms with Crippen LogP contribution in [0, 0.1) is 0 Å². The third kappa shape index (κ3) is 11.4. The second-order valence-corrected chi connectivity index (χ2v) is 17.1. The van der Waals surface area contributed by atoms with E-state index in [0.717, 1.165) is 80.2 Å². The minimum absolute atomic E-state index is 0.00421. The number of Topliss-reactive ketones (excluding diaryl/α,β-unsaturated/α-hetero) is 1. The number of fused-ring (bicyclic) bond motifs is 2. The van der Waals surface area contributed by atoms with Crippen LogP contribution in [-0.4, -0.2) is 119 Å². The summed E-state index contributed by atoms with van der Waals surface area (Å²) < 4.78 is 28.0. The molecule has 0 bridgehead atoms. The Morgan fingerprint density at radius 1 is 0.692 bits per heavy atom. The van der Waals surface area contributed by atoms with Crippen LogP contribution < -0.4 is 20.5 Å². The van der Waals surface area contributed by atoms with Crippen LogP contribution in [-0.2, 0) is 24.2 Å². The van der Waals surface area contributed by atoms with Gasteiger partial charge < -0.3 is 39.0 Å². The van der Waals surface area contributed by atoms with E-state index in [0.29, 0.717) is 70.1 Å². The highest BCUT2D eigenvalue weighted by molar-refractivity contribution is 5.98. The number of nitrogen functional groups attached to an aromatic ring is 1. The van der Waals surface area contributed by atoms with Gasteiger partial charge in [0.1, 0.15) is 5.60 Å². The van der Waals surface area contributed by atoms with Crippen molar-refractivity contribution in [3.8, 4) is 34.4 Å². The number of amides is 1. The second kappa shape index (κ2) is 19.9. The lowest BCUT2D eigenvalue weighted by Gasteiger charge is -2.35. The van der Waals surface area contributed by atoms with Gasteiger partial charge in [-0.3, -0.25) is 14.6 Å². The molecule has 0 spiro atoms. The van der Waals surface area contributed by atoms with Gasteiger partial charge in [0.2, 0.25) is 11.8 Å². The van der Waals surface area contributed by atoms with E-state index in [1.807, 2.05) is 69.3 Å². The normalized spacial score (nSPS) is 14.8. The number of oxazole rings is 2. The predicted octanol–water partition coefficient (Wildman–Crippen LogP) is 7.26. The molecule has 16 heteroatoms. The van der Waals surface area contributed by atoms with Crippen molar-refractivity contribution < 1.29 is 32.6 Å². The minimum atomic E-state index is -0.480. The summed E-state index contributed by atoms with van der Waals surface area (Å²) >= 11 is 0. The van der Waals surface area contributed by atoms with Crippen LogP contribution in [0.5, 0.6) is 11.5 Å². The largest absolute Gasteiger partial charge is 0.493 e. The summed E-state index contributed by atoms with van der Waals surface area (Å²) in [6, 6.07) is 24.6. The van der Waals surface area contributed by atoms with Crippen molar-refractivity contribution in [3.05, 3.63) is 114 Å². The Bertz CT molecular complexity index is 2700. The lowest BCUT2D eigenvalue weighted by molar-refractivity contribution is 0.0139. The third-order valence-corrected chi connectivity index (χ3v) is 11.0. The number of rotatable bonds is 11. The van der Waals surface area contributed by atoms with Gasteiger partial charge in [-0.15, -0.1) is 0 Å². The number of carbonyl (C=O) groups is 2. The van der Waals surface area contributed by atoms with Crippen molar-refractivity contribution in [2.24, 2.45) is 0 Å². The number of nitrogens with one attached hydrogen (secondary N) is 1. The molecule has 2 aliphatic heterocycles. The number of pyridine rings is 2. The number of ether oxygens (including phenoxy) is 3. The van der Waals surface area contributed by atoms with Gasteiger partial charge in [-0.1, -0.05) is 6.07 Å². The molecule has 7 aromatic rings. The quantitative estimate of drug-likeness (QED) is 0.0975. The molecule has 0 radical (unpaired) electrons. The van der Waals surface area contributed by atoms with E-state index in [2.05, 4.69) is 47.2 Å². The van der Waals surface area contributed by atoms with Crippen molar-refractivity contribution in [1.29, 1.82) is 0 Å². The van der Waals surface area contributed by atoms with Crippen molar-refractivity contribution >= 4 is 40.0 Å². The van der Waals surface area contributed by atoms with Crippen LogP contribution in [0.25, 0.3) is 45.4 Å². The maximum atomic E-state index is 13.2. The molecule has 1 amide bonds. The van der Waals surface area contributed by atoms with E-state index in [-0.39, 0.29) is 18.3 Å². The first-order valence-electron chi connectivity index (χ1n) is 21.7. The van der Waals surface area contributed by atoms with Crippen LogP contribution in [0.15, 0.2) is 100 Å². The Hall–Kier alpha value is -6.88. The van der Waals surface area contributed by atoms with E-state index in [1.54, 1.807) is 49.7 Å². The zero-order chi connectivity index (χ0) is 45.5. The lowest BCUT2D eigenvalue weighted by Crippen LogP contribution is -2.49. The molecule has 9 rings (SSSR count). The van der Waals surface area contributed by atoms with Gasteiger partial charge >= 0.3 is 6.09 Å². The molecule has 4 aromatic heterocycles. The Kier molecular flexibility index (Phi) is 13.7. The highest BCUT2D eigenvalue weighted by atomic mass is 16.6. The molecule has 3 N–H and O–H groups in total. The number of carbonyl (C=O) groups excluding carboxylic acids is 2. The molecular formula is C49H55N9O7. The lowest BCUT2D eigenvalue weighted by atomic mass is 9.98. The SMILES string of the molecule is CC(C)(C)OC(=O)N1CCN(Cc2cc(N)cc(-c3nc4ncccc4o3)c2)CC1.COc1ccc(C(=O)Cc2cc(CN3CCNCC3)cc(-c3nc4ncccc4o3)c2)cc1OC. The Balaban J connectivity index is 0.000000179. The summed E-state index contributed by atoms with van der Waals surface area (Å²) in [5.74, 6) is 2.13. The number of hydrogen-bond acceptors (Lipinski definition) is 15. The average Bonchev–Trinajstić information content (AvgIpc) is 3.94. The van der Waals surface area contributed by atoms with Gasteiger partial charge in [-0.25, -0.2) is 14.8 Å². The monoisotopic (exact) mass is 881 g/mol. The van der Waals surface area contributed by atoms with Crippen LogP contribution in [0.3, 0.4) is 0 Å². The maximum Gasteiger partial charge on any atom is 0.410 e. The highest BCUT2D eigenvalue weighted by Crippen LogP contribution is 2.31. The first kappa shape index (κ1) is 44.7. The number of hydrogen-bond donors (Lipinski definition) is 2. The van der Waals surface area contributed by atoms with Gasteiger partial charge in [0, 0.05) is 107 Å². The molecule has 2 fully saturated rings. The summed E-state index contributed by atoms with van der Waals surface area (Å²) in [6.07, 6.45) is 3.38. The summed E-state index contributed by atoms with van der Waals surface area (Å²) in [7, 11) is 3.14. The van der Waals surface area contributed by atoms with Crippen LogP contribution in [0.1, 0.15) is 47.8 Å². The summed E-state index contributed by atoms with van der Waals surface area (Å²) in [5.41, 5.74) is 14.1. The summed E-state index contributed by atoms with van der Waals surface area (Å²) in [6.45, 7) is 13.9. The first-order chi connectivity index (χ1) is 31.4. The average molecular weight is 882 g/mol. The number of anilines is 1. The zero-order valence-corrected chi connectivity index (χ0v) is 37.5. The maximum absolute atomic E-state index is 13.2. The standard InChI is InChI=1S/C27H28N4O4.C22H27N5O3/c1-33-23-6-5-20(16-25(23)34-2)22(32)15-18-12-19(17-31-10-8-28-9-11-31)14-21(13-18)27-30-26-24(35-27)4-3-7-29-26;1-22(2,3)30-21(28)27-9-7-26(8-10-27)14-15-11-16(13-17(23)12-15)20-25-19-18(29-20)5-4-6-24-19/h3-7,12-14,16,28H,8-11,15,17H2,1-2H3;4-6,11-13H,7-10,14,23H2,1-3H3. The molecule has 2 saturated heterocycles. The van der Waals surface area contributed by atoms with Gasteiger partial charge in [-0.2, -0.15) is 9.97 Å². The van der Waals surface area contributed by atoms with Crippen LogP contribution in [0.2, 0.25) is 0 Å². The number of nitrogens with two attached hydrogens (primary N) is 1. The molecule has 0 saturated carbocycles. The van der Waals surface area contributed by atoms with Gasteiger partial charge in [0.25, 0.3) is 0 Å². The number of ketones is 1. The fourth-order valence-electron chi connectivity index (χ4n) is 7.90. The highest BCUT2D eigenvalue weighted by Gasteiger charge is 2.26. The summed E-state index contributed by atoms with van der Waals surface area (Å²) in [4.78, 5) is 49.5. The first-order valence-corrected chi connectivity index (χ1v) is 21.7.